The van der Waals surface area contributed by atoms with Gasteiger partial charge in [0, 0.05) is 13.5 Å². The maximum absolute atomic E-state index is 12.5. The fourth-order valence-electron chi connectivity index (χ4n) is 3.40. The summed E-state index contributed by atoms with van der Waals surface area (Å²) < 4.78 is 29.7. The molecule has 0 radical (unpaired) electrons. The normalized spacial score (nSPS) is 23.3. The predicted molar refractivity (Wildman–Crippen MR) is 78.8 cm³/mol. The zero-order valence-electron chi connectivity index (χ0n) is 12.7. The van der Waals surface area contributed by atoms with Gasteiger partial charge < -0.3 is 9.42 Å². The van der Waals surface area contributed by atoms with E-state index in [1.165, 1.54) is 0 Å². The molecule has 0 aromatic carbocycles. The standard InChI is InChI=1S/C14H21N3O4S/c1-10-15-14(16-21-10)12-7-4-8-17(12)13(18)9-22(19,20)11-5-2-3-6-11/h11-12H,2-9H2,1H3/t12-/m1/s1. The zero-order valence-corrected chi connectivity index (χ0v) is 13.5. The van der Waals surface area contributed by atoms with Crippen LogP contribution in [0.5, 0.6) is 0 Å². The van der Waals surface area contributed by atoms with Gasteiger partial charge >= 0.3 is 0 Å². The number of aryl methyl sites for hydroxylation is 1. The van der Waals surface area contributed by atoms with E-state index in [4.69, 9.17) is 4.52 Å². The third-order valence-corrected chi connectivity index (χ3v) is 6.69. The van der Waals surface area contributed by atoms with Crippen LogP contribution in [0.1, 0.15) is 56.3 Å². The summed E-state index contributed by atoms with van der Waals surface area (Å²) in [6.45, 7) is 2.25. The summed E-state index contributed by atoms with van der Waals surface area (Å²) in [6.07, 6.45) is 4.81. The minimum absolute atomic E-state index is 0.260. The highest BCUT2D eigenvalue weighted by molar-refractivity contribution is 7.92. The Balaban J connectivity index is 1.71. The molecule has 2 heterocycles. The van der Waals surface area contributed by atoms with Crippen LogP contribution in [-0.4, -0.2) is 46.9 Å². The molecule has 1 atom stereocenters. The third-order valence-electron chi connectivity index (χ3n) is 4.55. The largest absolute Gasteiger partial charge is 0.340 e. The van der Waals surface area contributed by atoms with Crippen molar-refractivity contribution in [2.24, 2.45) is 0 Å². The first-order chi connectivity index (χ1) is 10.5. The number of carbonyl (C=O) groups is 1. The lowest BCUT2D eigenvalue weighted by atomic mass is 10.2. The molecule has 0 N–H and O–H groups in total. The number of carbonyl (C=O) groups excluding carboxylic acids is 1. The third kappa shape index (κ3) is 3.02. The molecule has 1 aromatic heterocycles. The summed E-state index contributed by atoms with van der Waals surface area (Å²) in [6, 6.07) is -0.260. The summed E-state index contributed by atoms with van der Waals surface area (Å²) >= 11 is 0. The summed E-state index contributed by atoms with van der Waals surface area (Å²) in [5, 5.41) is 3.53. The van der Waals surface area contributed by atoms with E-state index >= 15 is 0 Å². The topological polar surface area (TPSA) is 93.4 Å². The first-order valence-electron chi connectivity index (χ1n) is 7.78. The molecule has 1 amide bonds. The summed E-state index contributed by atoms with van der Waals surface area (Å²) in [4.78, 5) is 18.2. The van der Waals surface area contributed by atoms with Crippen LogP contribution in [0, 0.1) is 6.92 Å². The van der Waals surface area contributed by atoms with Crippen LogP contribution in [0.15, 0.2) is 4.52 Å². The number of aromatic nitrogens is 2. The Hall–Kier alpha value is -1.44. The summed E-state index contributed by atoms with van der Waals surface area (Å²) in [5.74, 6) is 0.191. The lowest BCUT2D eigenvalue weighted by Crippen LogP contribution is -2.38. The molecule has 22 heavy (non-hydrogen) atoms. The maximum Gasteiger partial charge on any atom is 0.238 e. The Morgan fingerprint density at radius 3 is 2.64 bits per heavy atom. The first kappa shape index (κ1) is 15.5. The molecule has 0 spiro atoms. The number of likely N-dealkylation sites (tertiary alicyclic amines) is 1. The van der Waals surface area contributed by atoms with Crippen molar-refractivity contribution in [2.75, 3.05) is 12.3 Å². The fourth-order valence-corrected chi connectivity index (χ4v) is 5.20. The smallest absolute Gasteiger partial charge is 0.238 e. The van der Waals surface area contributed by atoms with Gasteiger partial charge in [-0.15, -0.1) is 0 Å². The Bertz CT molecular complexity index is 649. The van der Waals surface area contributed by atoms with Gasteiger partial charge in [-0.05, 0) is 25.7 Å². The average molecular weight is 327 g/mol. The van der Waals surface area contributed by atoms with E-state index in [0.717, 1.165) is 25.7 Å². The lowest BCUT2D eigenvalue weighted by molar-refractivity contribution is -0.129. The number of rotatable bonds is 4. The molecular formula is C14H21N3O4S. The second-order valence-corrected chi connectivity index (χ2v) is 8.41. The van der Waals surface area contributed by atoms with Crippen LogP contribution in [0.4, 0.5) is 0 Å². The van der Waals surface area contributed by atoms with E-state index in [-0.39, 0.29) is 17.2 Å². The molecule has 1 saturated heterocycles. The Morgan fingerprint density at radius 1 is 1.27 bits per heavy atom. The van der Waals surface area contributed by atoms with Crippen molar-refractivity contribution in [3.8, 4) is 0 Å². The lowest BCUT2D eigenvalue weighted by Gasteiger charge is -2.23. The van der Waals surface area contributed by atoms with Gasteiger partial charge in [-0.2, -0.15) is 4.98 Å². The molecule has 0 unspecified atom stereocenters. The molecule has 3 rings (SSSR count). The molecule has 122 valence electrons. The number of nitrogens with zero attached hydrogens (tertiary/aromatic N) is 3. The van der Waals surface area contributed by atoms with E-state index in [1.807, 2.05) is 0 Å². The second kappa shape index (κ2) is 5.98. The minimum atomic E-state index is -3.35. The minimum Gasteiger partial charge on any atom is -0.340 e. The second-order valence-electron chi connectivity index (χ2n) is 6.13. The number of amides is 1. The van der Waals surface area contributed by atoms with Gasteiger partial charge in [0.25, 0.3) is 0 Å². The average Bonchev–Trinajstić information content (AvgIpc) is 3.19. The molecule has 2 fully saturated rings. The van der Waals surface area contributed by atoms with Crippen LogP contribution in [0.3, 0.4) is 0 Å². The highest BCUT2D eigenvalue weighted by atomic mass is 32.2. The maximum atomic E-state index is 12.5. The molecule has 0 bridgehead atoms. The highest BCUT2D eigenvalue weighted by Crippen LogP contribution is 2.31. The van der Waals surface area contributed by atoms with E-state index in [9.17, 15) is 13.2 Å². The molecule has 2 aliphatic rings. The molecule has 7 nitrogen and oxygen atoms in total. The van der Waals surface area contributed by atoms with Gasteiger partial charge in [-0.25, -0.2) is 8.42 Å². The van der Waals surface area contributed by atoms with Crippen LogP contribution in [0.25, 0.3) is 0 Å². The molecule has 8 heteroatoms. The Labute approximate surface area is 130 Å². The molecular weight excluding hydrogens is 306 g/mol. The molecule has 1 saturated carbocycles. The van der Waals surface area contributed by atoms with Gasteiger partial charge in [0.1, 0.15) is 5.75 Å². The van der Waals surface area contributed by atoms with E-state index in [0.29, 0.717) is 31.1 Å². The van der Waals surface area contributed by atoms with Gasteiger partial charge in [-0.1, -0.05) is 18.0 Å². The number of hydrogen-bond donors (Lipinski definition) is 0. The Morgan fingerprint density at radius 2 is 2.00 bits per heavy atom. The highest BCUT2D eigenvalue weighted by Gasteiger charge is 2.37. The van der Waals surface area contributed by atoms with Crippen molar-refractivity contribution in [3.05, 3.63) is 11.7 Å². The van der Waals surface area contributed by atoms with E-state index < -0.39 is 15.6 Å². The molecule has 1 aliphatic heterocycles. The fraction of sp³-hybridized carbons (Fsp3) is 0.786. The van der Waals surface area contributed by atoms with Crippen LogP contribution >= 0.6 is 0 Å². The van der Waals surface area contributed by atoms with Crippen molar-refractivity contribution in [3.63, 3.8) is 0 Å². The molecule has 1 aliphatic carbocycles. The van der Waals surface area contributed by atoms with Gasteiger partial charge in [0.15, 0.2) is 15.7 Å². The van der Waals surface area contributed by atoms with Gasteiger partial charge in [0.2, 0.25) is 11.8 Å². The van der Waals surface area contributed by atoms with Crippen LogP contribution in [-0.2, 0) is 14.6 Å². The van der Waals surface area contributed by atoms with Crippen LogP contribution < -0.4 is 0 Å². The van der Waals surface area contributed by atoms with Crippen molar-refractivity contribution < 1.29 is 17.7 Å². The van der Waals surface area contributed by atoms with E-state index in [1.54, 1.807) is 11.8 Å². The summed E-state index contributed by atoms with van der Waals surface area (Å²) in [7, 11) is -3.35. The van der Waals surface area contributed by atoms with Crippen molar-refractivity contribution in [1.82, 2.24) is 15.0 Å². The predicted octanol–water partition coefficient (Wildman–Crippen LogP) is 1.40. The van der Waals surface area contributed by atoms with Crippen molar-refractivity contribution in [1.29, 1.82) is 0 Å². The van der Waals surface area contributed by atoms with E-state index in [2.05, 4.69) is 10.1 Å². The monoisotopic (exact) mass is 327 g/mol. The van der Waals surface area contributed by atoms with Crippen molar-refractivity contribution >= 4 is 15.7 Å². The first-order valence-corrected chi connectivity index (χ1v) is 9.50. The SMILES string of the molecule is Cc1nc([C@H]2CCCN2C(=O)CS(=O)(=O)C2CCCC2)no1. The van der Waals surface area contributed by atoms with Gasteiger partial charge in [0.05, 0.1) is 11.3 Å². The Kier molecular flexibility index (Phi) is 4.20. The zero-order chi connectivity index (χ0) is 15.7. The van der Waals surface area contributed by atoms with Crippen molar-refractivity contribution in [2.45, 2.75) is 56.7 Å². The number of hydrogen-bond acceptors (Lipinski definition) is 6. The van der Waals surface area contributed by atoms with Gasteiger partial charge in [-0.3, -0.25) is 4.79 Å². The quantitative estimate of drug-likeness (QED) is 0.830. The molecule has 1 aromatic rings. The number of sulfone groups is 1. The summed E-state index contributed by atoms with van der Waals surface area (Å²) in [5.41, 5.74) is 0. The van der Waals surface area contributed by atoms with Crippen LogP contribution in [0.2, 0.25) is 0 Å².